The second-order valence-corrected chi connectivity index (χ2v) is 13.8. The number of nitro groups is 1. The fourth-order valence-electron chi connectivity index (χ4n) is 4.51. The topological polar surface area (TPSA) is 139 Å². The van der Waals surface area contributed by atoms with Crippen LogP contribution in [0.5, 0.6) is 5.75 Å². The first-order valence-corrected chi connectivity index (χ1v) is 15.5. The Balaban J connectivity index is 2.17. The van der Waals surface area contributed by atoms with Gasteiger partial charge in [-0.05, 0) is 71.4 Å². The Morgan fingerprint density at radius 3 is 2.34 bits per heavy atom. The van der Waals surface area contributed by atoms with Crippen LogP contribution in [-0.4, -0.2) is 55.3 Å². The first-order valence-electron chi connectivity index (χ1n) is 13.7. The number of amides is 2. The zero-order chi connectivity index (χ0) is 33.0. The van der Waals surface area contributed by atoms with Crippen molar-refractivity contribution in [1.82, 2.24) is 10.2 Å². The first-order chi connectivity index (χ1) is 20.4. The van der Waals surface area contributed by atoms with E-state index in [9.17, 15) is 28.1 Å². The molecule has 3 aromatic carbocycles. The fourth-order valence-corrected chi connectivity index (χ4v) is 6.11. The molecule has 44 heavy (non-hydrogen) atoms. The van der Waals surface area contributed by atoms with Crippen molar-refractivity contribution in [1.29, 1.82) is 0 Å². The third-order valence-electron chi connectivity index (χ3n) is 6.75. The third-order valence-corrected chi connectivity index (χ3v) is 8.75. The summed E-state index contributed by atoms with van der Waals surface area (Å²) in [5, 5.41) is 14.7. The summed E-state index contributed by atoms with van der Waals surface area (Å²) in [7, 11) is -3.28. The molecule has 0 aliphatic carbocycles. The molecule has 3 aromatic rings. The van der Waals surface area contributed by atoms with Gasteiger partial charge in [-0.3, -0.25) is 24.0 Å². The maximum absolute atomic E-state index is 14.2. The number of ether oxygens (including phenoxy) is 1. The summed E-state index contributed by atoms with van der Waals surface area (Å²) in [6, 6.07) is 14.2. The van der Waals surface area contributed by atoms with Gasteiger partial charge in [0, 0.05) is 28.7 Å². The van der Waals surface area contributed by atoms with E-state index in [1.807, 2.05) is 52.0 Å². The van der Waals surface area contributed by atoms with Gasteiger partial charge in [0.15, 0.2) is 0 Å². The molecule has 11 nitrogen and oxygen atoms in total. The molecule has 1 atom stereocenters. The summed E-state index contributed by atoms with van der Waals surface area (Å²) in [4.78, 5) is 39.3. The number of sulfonamides is 1. The highest BCUT2D eigenvalue weighted by molar-refractivity contribution is 7.92. The smallest absolute Gasteiger partial charge is 0.273 e. The Labute approximate surface area is 263 Å². The number of nitrogens with one attached hydrogen (secondary N) is 1. The molecule has 0 radical (unpaired) electrons. The molecular formula is C31H37ClN4O7S. The number of benzene rings is 3. The zero-order valence-corrected chi connectivity index (χ0v) is 27.3. The minimum absolute atomic E-state index is 0.00974. The Morgan fingerprint density at radius 2 is 1.75 bits per heavy atom. The molecule has 3 rings (SSSR count). The Bertz CT molecular complexity index is 1670. The van der Waals surface area contributed by atoms with Crippen molar-refractivity contribution in [3.63, 3.8) is 0 Å². The Kier molecular flexibility index (Phi) is 10.6. The molecule has 0 aliphatic rings. The Morgan fingerprint density at radius 1 is 1.07 bits per heavy atom. The summed E-state index contributed by atoms with van der Waals surface area (Å²) < 4.78 is 34.6. The molecule has 0 aromatic heterocycles. The van der Waals surface area contributed by atoms with E-state index in [1.165, 1.54) is 49.3 Å². The van der Waals surface area contributed by atoms with Gasteiger partial charge in [0.2, 0.25) is 11.8 Å². The minimum Gasteiger partial charge on any atom is -0.495 e. The number of hydrogen-bond donors (Lipinski definition) is 1. The van der Waals surface area contributed by atoms with E-state index in [1.54, 1.807) is 6.92 Å². The van der Waals surface area contributed by atoms with Crippen LogP contribution < -0.4 is 14.4 Å². The zero-order valence-electron chi connectivity index (χ0n) is 25.8. The highest BCUT2D eigenvalue weighted by Crippen LogP contribution is 2.36. The van der Waals surface area contributed by atoms with E-state index >= 15 is 0 Å². The van der Waals surface area contributed by atoms with Crippen molar-refractivity contribution in [2.45, 2.75) is 64.6 Å². The van der Waals surface area contributed by atoms with Crippen LogP contribution in [0.1, 0.15) is 44.4 Å². The average Bonchev–Trinajstić information content (AvgIpc) is 2.93. The molecule has 236 valence electrons. The summed E-state index contributed by atoms with van der Waals surface area (Å²) in [6.07, 6.45) is 0. The SMILES string of the molecule is COc1ccc(Cl)cc1N(CC(=O)N(Cc1cccc(C)c1)C(C)C(=O)NC(C)(C)C)S(=O)(=O)c1ccc(C)c([N+](=O)[O-])c1. The van der Waals surface area contributed by atoms with Crippen LogP contribution in [0.3, 0.4) is 0 Å². The summed E-state index contributed by atoms with van der Waals surface area (Å²) >= 11 is 6.26. The highest BCUT2D eigenvalue weighted by atomic mass is 35.5. The summed E-state index contributed by atoms with van der Waals surface area (Å²) in [6.45, 7) is 9.63. The number of nitro benzene ring substituents is 1. The lowest BCUT2D eigenvalue weighted by Crippen LogP contribution is -2.54. The number of aryl methyl sites for hydroxylation is 2. The van der Waals surface area contributed by atoms with Gasteiger partial charge in [-0.25, -0.2) is 8.42 Å². The standard InChI is InChI=1S/C31H37ClN4O7S/c1-20-9-8-10-23(15-20)18-34(22(3)30(38)33-31(4,5)6)29(37)19-35(27-16-24(32)12-14-28(27)43-7)44(41,42)25-13-11-21(2)26(17-25)36(39)40/h8-17,22H,18-19H2,1-7H3,(H,33,38). The lowest BCUT2D eigenvalue weighted by molar-refractivity contribution is -0.385. The van der Waals surface area contributed by atoms with Crippen LogP contribution >= 0.6 is 11.6 Å². The molecule has 0 heterocycles. The van der Waals surface area contributed by atoms with Crippen molar-refractivity contribution in [3.8, 4) is 5.75 Å². The first kappa shape index (κ1) is 34.3. The molecule has 0 aliphatic heterocycles. The predicted octanol–water partition coefficient (Wildman–Crippen LogP) is 5.40. The minimum atomic E-state index is -4.62. The molecule has 13 heteroatoms. The number of rotatable bonds is 11. The molecule has 0 saturated carbocycles. The van der Waals surface area contributed by atoms with E-state index in [-0.39, 0.29) is 28.6 Å². The fraction of sp³-hybridized carbons (Fsp3) is 0.355. The van der Waals surface area contributed by atoms with E-state index < -0.39 is 55.5 Å². The van der Waals surface area contributed by atoms with Crippen molar-refractivity contribution >= 4 is 44.8 Å². The van der Waals surface area contributed by atoms with Crippen LogP contribution in [0.25, 0.3) is 0 Å². The van der Waals surface area contributed by atoms with Crippen LogP contribution in [0.15, 0.2) is 65.6 Å². The molecule has 2 amide bonds. The number of carbonyl (C=O) groups is 2. The van der Waals surface area contributed by atoms with Gasteiger partial charge in [0.05, 0.1) is 22.6 Å². The predicted molar refractivity (Wildman–Crippen MR) is 169 cm³/mol. The molecule has 0 spiro atoms. The lowest BCUT2D eigenvalue weighted by atomic mass is 10.1. The molecular weight excluding hydrogens is 608 g/mol. The van der Waals surface area contributed by atoms with E-state index in [0.717, 1.165) is 21.5 Å². The maximum atomic E-state index is 14.2. The molecule has 0 fully saturated rings. The lowest BCUT2D eigenvalue weighted by Gasteiger charge is -2.33. The number of hydrogen-bond acceptors (Lipinski definition) is 7. The maximum Gasteiger partial charge on any atom is 0.273 e. The quantitative estimate of drug-likeness (QED) is 0.218. The number of nitrogens with zero attached hydrogens (tertiary/aromatic N) is 3. The third kappa shape index (κ3) is 8.26. The average molecular weight is 645 g/mol. The van der Waals surface area contributed by atoms with Gasteiger partial charge in [-0.2, -0.15) is 0 Å². The van der Waals surface area contributed by atoms with E-state index in [2.05, 4.69) is 5.32 Å². The van der Waals surface area contributed by atoms with Crippen molar-refractivity contribution in [2.75, 3.05) is 18.0 Å². The Hall–Kier alpha value is -4.16. The van der Waals surface area contributed by atoms with Crippen LogP contribution in [0.2, 0.25) is 5.02 Å². The van der Waals surface area contributed by atoms with Gasteiger partial charge < -0.3 is 15.0 Å². The number of carbonyl (C=O) groups excluding carboxylic acids is 2. The van der Waals surface area contributed by atoms with Crippen LogP contribution in [-0.2, 0) is 26.2 Å². The van der Waals surface area contributed by atoms with Crippen LogP contribution in [0, 0.1) is 24.0 Å². The normalized spacial score (nSPS) is 12.3. The largest absolute Gasteiger partial charge is 0.495 e. The molecule has 1 unspecified atom stereocenters. The van der Waals surface area contributed by atoms with E-state index in [0.29, 0.717) is 0 Å². The van der Waals surface area contributed by atoms with Crippen LogP contribution in [0.4, 0.5) is 11.4 Å². The molecule has 1 N–H and O–H groups in total. The second-order valence-electron chi connectivity index (χ2n) is 11.5. The summed E-state index contributed by atoms with van der Waals surface area (Å²) in [5.41, 5.74) is 0.892. The van der Waals surface area contributed by atoms with Crippen molar-refractivity contribution in [2.24, 2.45) is 0 Å². The van der Waals surface area contributed by atoms with Gasteiger partial charge in [0.25, 0.3) is 15.7 Å². The second kappa shape index (κ2) is 13.6. The summed E-state index contributed by atoms with van der Waals surface area (Å²) in [5.74, 6) is -1.03. The monoisotopic (exact) mass is 644 g/mol. The number of methoxy groups -OCH3 is 1. The highest BCUT2D eigenvalue weighted by Gasteiger charge is 2.35. The van der Waals surface area contributed by atoms with Gasteiger partial charge >= 0.3 is 0 Å². The van der Waals surface area contributed by atoms with Crippen molar-refractivity contribution in [3.05, 3.63) is 92.5 Å². The van der Waals surface area contributed by atoms with Gasteiger partial charge in [-0.15, -0.1) is 0 Å². The number of halogens is 1. The van der Waals surface area contributed by atoms with Gasteiger partial charge in [0.1, 0.15) is 18.3 Å². The van der Waals surface area contributed by atoms with E-state index in [4.69, 9.17) is 16.3 Å². The molecule has 0 saturated heterocycles. The number of anilines is 1. The van der Waals surface area contributed by atoms with Gasteiger partial charge in [-0.1, -0.05) is 47.5 Å². The molecule has 0 bridgehead atoms. The van der Waals surface area contributed by atoms with Crippen molar-refractivity contribution < 1.29 is 27.7 Å².